The van der Waals surface area contributed by atoms with Crippen molar-refractivity contribution in [3.05, 3.63) is 71.8 Å². The molecule has 0 radical (unpaired) electrons. The normalized spacial score (nSPS) is 12.9. The minimum absolute atomic E-state index is 0.522. The standard InChI is InChI=1S/C17H19NO3/c1-2-18-17(15(19)16(20)21,13-9-5-3-6-10-13)14-11-7-4-8-12-14/h3-12,15,18-19H,2H2,1H3,(H,20,21)/t15-/m0/s1. The van der Waals surface area contributed by atoms with E-state index in [2.05, 4.69) is 5.32 Å². The summed E-state index contributed by atoms with van der Waals surface area (Å²) in [6, 6.07) is 18.3. The van der Waals surface area contributed by atoms with Crippen LogP contribution in [0.4, 0.5) is 0 Å². The number of rotatable bonds is 6. The number of hydrogen-bond donors (Lipinski definition) is 3. The predicted octanol–water partition coefficient (Wildman–Crippen LogP) is 1.99. The molecule has 0 aromatic heterocycles. The van der Waals surface area contributed by atoms with Crippen LogP contribution in [0.25, 0.3) is 0 Å². The molecule has 0 spiro atoms. The van der Waals surface area contributed by atoms with E-state index >= 15 is 0 Å². The molecule has 0 saturated heterocycles. The van der Waals surface area contributed by atoms with Crippen molar-refractivity contribution in [2.75, 3.05) is 6.54 Å². The molecule has 0 unspecified atom stereocenters. The Morgan fingerprint density at radius 3 is 1.81 bits per heavy atom. The lowest BCUT2D eigenvalue weighted by Gasteiger charge is -2.38. The van der Waals surface area contributed by atoms with Crippen LogP contribution in [0.5, 0.6) is 0 Å². The highest BCUT2D eigenvalue weighted by Gasteiger charge is 2.44. The van der Waals surface area contributed by atoms with Crippen LogP contribution in [0.15, 0.2) is 60.7 Å². The van der Waals surface area contributed by atoms with Crippen molar-refractivity contribution in [1.29, 1.82) is 0 Å². The fourth-order valence-electron chi connectivity index (χ4n) is 2.65. The number of carboxylic acids is 1. The molecule has 0 amide bonds. The first kappa shape index (κ1) is 15.2. The number of likely N-dealkylation sites (N-methyl/N-ethyl adjacent to an activating group) is 1. The van der Waals surface area contributed by atoms with Gasteiger partial charge >= 0.3 is 5.97 Å². The number of aliphatic carboxylic acids is 1. The van der Waals surface area contributed by atoms with Gasteiger partial charge in [-0.3, -0.25) is 0 Å². The first-order valence-electron chi connectivity index (χ1n) is 6.90. The second kappa shape index (κ2) is 6.52. The summed E-state index contributed by atoms with van der Waals surface area (Å²) < 4.78 is 0. The number of carboxylic acid groups (broad SMARTS) is 1. The maximum absolute atomic E-state index is 11.5. The molecule has 0 heterocycles. The third-order valence-corrected chi connectivity index (χ3v) is 3.56. The smallest absolute Gasteiger partial charge is 0.335 e. The summed E-state index contributed by atoms with van der Waals surface area (Å²) in [4.78, 5) is 11.5. The summed E-state index contributed by atoms with van der Waals surface area (Å²) in [5, 5.41) is 23.0. The fraction of sp³-hybridized carbons (Fsp3) is 0.235. The largest absolute Gasteiger partial charge is 0.479 e. The Morgan fingerprint density at radius 2 is 1.48 bits per heavy atom. The maximum atomic E-state index is 11.5. The van der Waals surface area contributed by atoms with Crippen LogP contribution in [0, 0.1) is 0 Å². The molecule has 4 heteroatoms. The fourth-order valence-corrected chi connectivity index (χ4v) is 2.65. The molecule has 1 atom stereocenters. The van der Waals surface area contributed by atoms with Crippen LogP contribution in [-0.2, 0) is 10.3 Å². The quantitative estimate of drug-likeness (QED) is 0.759. The summed E-state index contributed by atoms with van der Waals surface area (Å²) in [7, 11) is 0. The Kier molecular flexibility index (Phi) is 4.73. The van der Waals surface area contributed by atoms with Gasteiger partial charge in [0.05, 0.1) is 0 Å². The van der Waals surface area contributed by atoms with Gasteiger partial charge in [0.2, 0.25) is 0 Å². The first-order valence-corrected chi connectivity index (χ1v) is 6.90. The molecule has 110 valence electrons. The lowest BCUT2D eigenvalue weighted by molar-refractivity contribution is -0.150. The van der Waals surface area contributed by atoms with Crippen LogP contribution >= 0.6 is 0 Å². The minimum Gasteiger partial charge on any atom is -0.479 e. The lowest BCUT2D eigenvalue weighted by atomic mass is 9.78. The predicted molar refractivity (Wildman–Crippen MR) is 81.0 cm³/mol. The molecule has 21 heavy (non-hydrogen) atoms. The molecular weight excluding hydrogens is 266 g/mol. The number of benzene rings is 2. The van der Waals surface area contributed by atoms with Gasteiger partial charge in [0.25, 0.3) is 0 Å². The van der Waals surface area contributed by atoms with E-state index in [1.807, 2.05) is 67.6 Å². The number of hydrogen-bond acceptors (Lipinski definition) is 3. The zero-order valence-electron chi connectivity index (χ0n) is 11.9. The third kappa shape index (κ3) is 2.82. The molecular formula is C17H19NO3. The van der Waals surface area contributed by atoms with Gasteiger partial charge in [-0.2, -0.15) is 0 Å². The van der Waals surface area contributed by atoms with Gasteiger partial charge < -0.3 is 15.5 Å². The Labute approximate surface area is 124 Å². The van der Waals surface area contributed by atoms with Crippen molar-refractivity contribution < 1.29 is 15.0 Å². The van der Waals surface area contributed by atoms with Gasteiger partial charge in [0.15, 0.2) is 6.10 Å². The van der Waals surface area contributed by atoms with E-state index in [-0.39, 0.29) is 0 Å². The van der Waals surface area contributed by atoms with Crippen LogP contribution in [0.1, 0.15) is 18.1 Å². The van der Waals surface area contributed by atoms with Gasteiger partial charge in [-0.15, -0.1) is 0 Å². The van der Waals surface area contributed by atoms with E-state index in [9.17, 15) is 15.0 Å². The van der Waals surface area contributed by atoms with E-state index in [1.54, 1.807) is 0 Å². The molecule has 3 N–H and O–H groups in total. The lowest BCUT2D eigenvalue weighted by Crippen LogP contribution is -2.55. The molecule has 0 aliphatic carbocycles. The molecule has 4 nitrogen and oxygen atoms in total. The molecule has 0 fully saturated rings. The van der Waals surface area contributed by atoms with E-state index < -0.39 is 17.6 Å². The third-order valence-electron chi connectivity index (χ3n) is 3.56. The van der Waals surface area contributed by atoms with Gasteiger partial charge in [-0.1, -0.05) is 67.6 Å². The second-order valence-electron chi connectivity index (χ2n) is 4.81. The average Bonchev–Trinajstić information content (AvgIpc) is 2.53. The summed E-state index contributed by atoms with van der Waals surface area (Å²) in [5.74, 6) is -1.26. The first-order chi connectivity index (χ1) is 10.1. The van der Waals surface area contributed by atoms with Gasteiger partial charge in [-0.25, -0.2) is 4.79 Å². The summed E-state index contributed by atoms with van der Waals surface area (Å²) in [6.07, 6.45) is -1.60. The highest BCUT2D eigenvalue weighted by Crippen LogP contribution is 2.33. The van der Waals surface area contributed by atoms with Crippen LogP contribution in [0.2, 0.25) is 0 Å². The van der Waals surface area contributed by atoms with E-state index in [0.29, 0.717) is 17.7 Å². The summed E-state index contributed by atoms with van der Waals surface area (Å²) in [6.45, 7) is 2.41. The Hall–Kier alpha value is -2.17. The monoisotopic (exact) mass is 285 g/mol. The van der Waals surface area contributed by atoms with Crippen molar-refractivity contribution >= 4 is 5.97 Å². The van der Waals surface area contributed by atoms with E-state index in [4.69, 9.17) is 0 Å². The van der Waals surface area contributed by atoms with Gasteiger partial charge in [0.1, 0.15) is 5.54 Å². The molecule has 2 aromatic carbocycles. The number of aliphatic hydroxyl groups is 1. The Balaban J connectivity index is 2.69. The summed E-state index contributed by atoms with van der Waals surface area (Å²) in [5.41, 5.74) is 0.254. The van der Waals surface area contributed by atoms with Gasteiger partial charge in [-0.05, 0) is 17.7 Å². The zero-order chi connectivity index (χ0) is 15.3. The minimum atomic E-state index is -1.60. The van der Waals surface area contributed by atoms with Crippen molar-refractivity contribution in [2.45, 2.75) is 18.6 Å². The second-order valence-corrected chi connectivity index (χ2v) is 4.81. The number of nitrogens with one attached hydrogen (secondary N) is 1. The molecule has 0 saturated carbocycles. The molecule has 0 aliphatic heterocycles. The molecule has 0 aliphatic rings. The van der Waals surface area contributed by atoms with Crippen molar-refractivity contribution in [1.82, 2.24) is 5.32 Å². The van der Waals surface area contributed by atoms with Crippen molar-refractivity contribution in [2.24, 2.45) is 0 Å². The molecule has 0 bridgehead atoms. The number of aliphatic hydroxyl groups excluding tert-OH is 1. The Bertz CT molecular complexity index is 544. The van der Waals surface area contributed by atoms with E-state index in [1.165, 1.54) is 0 Å². The van der Waals surface area contributed by atoms with Crippen molar-refractivity contribution in [3.63, 3.8) is 0 Å². The Morgan fingerprint density at radius 1 is 1.05 bits per heavy atom. The average molecular weight is 285 g/mol. The summed E-state index contributed by atoms with van der Waals surface area (Å²) >= 11 is 0. The van der Waals surface area contributed by atoms with Crippen molar-refractivity contribution in [3.8, 4) is 0 Å². The maximum Gasteiger partial charge on any atom is 0.335 e. The topological polar surface area (TPSA) is 69.6 Å². The molecule has 2 aromatic rings. The molecule has 2 rings (SSSR count). The van der Waals surface area contributed by atoms with Crippen LogP contribution in [0.3, 0.4) is 0 Å². The SMILES string of the molecule is CCNC(c1ccccc1)(c1ccccc1)[C@@H](O)C(=O)O. The van der Waals surface area contributed by atoms with Crippen LogP contribution in [-0.4, -0.2) is 28.8 Å². The number of carbonyl (C=O) groups is 1. The van der Waals surface area contributed by atoms with Crippen LogP contribution < -0.4 is 5.32 Å². The van der Waals surface area contributed by atoms with Gasteiger partial charge in [0, 0.05) is 0 Å². The highest BCUT2D eigenvalue weighted by molar-refractivity contribution is 5.76. The van der Waals surface area contributed by atoms with E-state index in [0.717, 1.165) is 0 Å². The highest BCUT2D eigenvalue weighted by atomic mass is 16.4. The zero-order valence-corrected chi connectivity index (χ0v) is 11.9.